The van der Waals surface area contributed by atoms with Gasteiger partial charge >= 0.3 is 0 Å². The van der Waals surface area contributed by atoms with Crippen molar-refractivity contribution in [3.05, 3.63) is 34.3 Å². The molecule has 13 heavy (non-hydrogen) atoms. The van der Waals surface area contributed by atoms with Gasteiger partial charge in [-0.3, -0.25) is 0 Å². The van der Waals surface area contributed by atoms with Crippen molar-refractivity contribution >= 4 is 11.6 Å². The first-order chi connectivity index (χ1) is 6.24. The standard InChI is InChI=1S/C9H12ClN.C2H6/c1-7-3-4-8(6-11-2)9(10)5-7;1-2/h3-5,11H,6H2,1-2H3;1-2H3. The Bertz CT molecular complexity index is 246. The Labute approximate surface area is 86.1 Å². The monoisotopic (exact) mass is 199 g/mol. The summed E-state index contributed by atoms with van der Waals surface area (Å²) in [7, 11) is 1.91. The van der Waals surface area contributed by atoms with Crippen molar-refractivity contribution in [2.75, 3.05) is 7.05 Å². The fraction of sp³-hybridized carbons (Fsp3) is 0.455. The molecule has 0 spiro atoms. The molecule has 2 heteroatoms. The Morgan fingerprint density at radius 1 is 1.31 bits per heavy atom. The van der Waals surface area contributed by atoms with Crippen molar-refractivity contribution in [2.24, 2.45) is 0 Å². The molecule has 1 aromatic rings. The Morgan fingerprint density at radius 3 is 2.38 bits per heavy atom. The lowest BCUT2D eigenvalue weighted by Gasteiger charge is -2.03. The summed E-state index contributed by atoms with van der Waals surface area (Å²) in [6.45, 7) is 6.87. The van der Waals surface area contributed by atoms with E-state index in [9.17, 15) is 0 Å². The van der Waals surface area contributed by atoms with Crippen LogP contribution in [-0.2, 0) is 6.54 Å². The van der Waals surface area contributed by atoms with Crippen LogP contribution in [0.3, 0.4) is 0 Å². The van der Waals surface area contributed by atoms with Gasteiger partial charge in [-0.25, -0.2) is 0 Å². The minimum atomic E-state index is 0.832. The molecule has 0 amide bonds. The largest absolute Gasteiger partial charge is 0.316 e. The van der Waals surface area contributed by atoms with Crippen molar-refractivity contribution in [1.29, 1.82) is 0 Å². The highest BCUT2D eigenvalue weighted by Crippen LogP contribution is 2.16. The van der Waals surface area contributed by atoms with Gasteiger partial charge in [0.2, 0.25) is 0 Å². The van der Waals surface area contributed by atoms with Crippen molar-refractivity contribution in [3.63, 3.8) is 0 Å². The molecule has 0 bridgehead atoms. The Hall–Kier alpha value is -0.530. The molecule has 0 aromatic heterocycles. The first kappa shape index (κ1) is 12.5. The maximum absolute atomic E-state index is 5.97. The van der Waals surface area contributed by atoms with Crippen molar-refractivity contribution in [1.82, 2.24) is 5.32 Å². The fourth-order valence-electron chi connectivity index (χ4n) is 0.986. The zero-order valence-corrected chi connectivity index (χ0v) is 9.57. The zero-order chi connectivity index (χ0) is 10.3. The van der Waals surface area contributed by atoms with Crippen LogP contribution in [0.4, 0.5) is 0 Å². The molecule has 0 saturated heterocycles. The van der Waals surface area contributed by atoms with Crippen LogP contribution >= 0.6 is 11.6 Å². The first-order valence-corrected chi connectivity index (χ1v) is 5.01. The van der Waals surface area contributed by atoms with E-state index >= 15 is 0 Å². The first-order valence-electron chi connectivity index (χ1n) is 4.63. The lowest BCUT2D eigenvalue weighted by molar-refractivity contribution is 0.818. The maximum atomic E-state index is 5.97. The van der Waals surface area contributed by atoms with Crippen LogP contribution in [0.25, 0.3) is 0 Å². The van der Waals surface area contributed by atoms with Crippen LogP contribution < -0.4 is 5.32 Å². The normalized spacial score (nSPS) is 9.00. The average molecular weight is 200 g/mol. The summed E-state index contributed by atoms with van der Waals surface area (Å²) in [4.78, 5) is 0. The van der Waals surface area contributed by atoms with E-state index < -0.39 is 0 Å². The van der Waals surface area contributed by atoms with Crippen molar-refractivity contribution < 1.29 is 0 Å². The van der Waals surface area contributed by atoms with Crippen LogP contribution in [0.1, 0.15) is 25.0 Å². The van der Waals surface area contributed by atoms with E-state index in [1.165, 1.54) is 5.56 Å². The molecule has 0 radical (unpaired) electrons. The minimum Gasteiger partial charge on any atom is -0.316 e. The van der Waals surface area contributed by atoms with Crippen LogP contribution in [-0.4, -0.2) is 7.05 Å². The molecule has 0 atom stereocenters. The highest BCUT2D eigenvalue weighted by Gasteiger charge is 1.97. The predicted octanol–water partition coefficient (Wildman–Crippen LogP) is 3.39. The minimum absolute atomic E-state index is 0.832. The second-order valence-electron chi connectivity index (χ2n) is 2.63. The summed E-state index contributed by atoms with van der Waals surface area (Å²) in [6, 6.07) is 6.10. The van der Waals surface area contributed by atoms with Gasteiger partial charge in [0.1, 0.15) is 0 Å². The smallest absolute Gasteiger partial charge is 0.0453 e. The summed E-state index contributed by atoms with van der Waals surface area (Å²) in [5.74, 6) is 0. The van der Waals surface area contributed by atoms with Gasteiger partial charge < -0.3 is 5.32 Å². The number of benzene rings is 1. The van der Waals surface area contributed by atoms with Gasteiger partial charge in [-0.15, -0.1) is 0 Å². The summed E-state index contributed by atoms with van der Waals surface area (Å²) < 4.78 is 0. The number of halogens is 1. The van der Waals surface area contributed by atoms with E-state index in [1.54, 1.807) is 0 Å². The second kappa shape index (κ2) is 6.93. The van der Waals surface area contributed by atoms with Crippen LogP contribution in [0.5, 0.6) is 0 Å². The number of nitrogens with one attached hydrogen (secondary N) is 1. The molecule has 0 fully saturated rings. The Kier molecular flexibility index (Phi) is 6.65. The van der Waals surface area contributed by atoms with Gasteiger partial charge in [0.25, 0.3) is 0 Å². The fourth-order valence-corrected chi connectivity index (χ4v) is 1.29. The molecule has 0 heterocycles. The molecular formula is C11H18ClN. The summed E-state index contributed by atoms with van der Waals surface area (Å²) in [6.07, 6.45) is 0. The Balaban J connectivity index is 0.000000671. The highest BCUT2D eigenvalue weighted by atomic mass is 35.5. The Morgan fingerprint density at radius 2 is 1.92 bits per heavy atom. The van der Waals surface area contributed by atoms with Crippen molar-refractivity contribution in [2.45, 2.75) is 27.3 Å². The average Bonchev–Trinajstić information content (AvgIpc) is 2.14. The second-order valence-corrected chi connectivity index (χ2v) is 3.03. The topological polar surface area (TPSA) is 12.0 Å². The van der Waals surface area contributed by atoms with Crippen LogP contribution in [0, 0.1) is 6.92 Å². The van der Waals surface area contributed by atoms with E-state index in [4.69, 9.17) is 11.6 Å². The van der Waals surface area contributed by atoms with Gasteiger partial charge in [0, 0.05) is 11.6 Å². The molecule has 0 aliphatic carbocycles. The van der Waals surface area contributed by atoms with Gasteiger partial charge in [-0.05, 0) is 31.2 Å². The maximum Gasteiger partial charge on any atom is 0.0453 e. The van der Waals surface area contributed by atoms with Gasteiger partial charge in [-0.1, -0.05) is 37.6 Å². The molecule has 0 aliphatic heterocycles. The number of rotatable bonds is 2. The van der Waals surface area contributed by atoms with Crippen molar-refractivity contribution in [3.8, 4) is 0 Å². The molecule has 74 valence electrons. The van der Waals surface area contributed by atoms with E-state index in [0.29, 0.717) is 0 Å². The molecule has 1 rings (SSSR count). The van der Waals surface area contributed by atoms with Crippen LogP contribution in [0.2, 0.25) is 5.02 Å². The lowest BCUT2D eigenvalue weighted by atomic mass is 10.1. The van der Waals surface area contributed by atoms with E-state index in [2.05, 4.69) is 11.4 Å². The highest BCUT2D eigenvalue weighted by molar-refractivity contribution is 6.31. The van der Waals surface area contributed by atoms with Gasteiger partial charge in [0.15, 0.2) is 0 Å². The third-order valence-electron chi connectivity index (χ3n) is 1.58. The SMILES string of the molecule is CC.CNCc1ccc(C)cc1Cl. The summed E-state index contributed by atoms with van der Waals surface area (Å²) >= 11 is 5.97. The number of hydrogen-bond donors (Lipinski definition) is 1. The van der Waals surface area contributed by atoms with Gasteiger partial charge in [0.05, 0.1) is 0 Å². The summed E-state index contributed by atoms with van der Waals surface area (Å²) in [5.41, 5.74) is 2.36. The summed E-state index contributed by atoms with van der Waals surface area (Å²) in [5, 5.41) is 3.91. The lowest BCUT2D eigenvalue weighted by Crippen LogP contribution is -2.05. The molecular weight excluding hydrogens is 182 g/mol. The molecule has 1 aromatic carbocycles. The third-order valence-corrected chi connectivity index (χ3v) is 1.93. The van der Waals surface area contributed by atoms with E-state index in [0.717, 1.165) is 17.1 Å². The zero-order valence-electron chi connectivity index (χ0n) is 8.82. The third kappa shape index (κ3) is 4.30. The van der Waals surface area contributed by atoms with E-state index in [-0.39, 0.29) is 0 Å². The van der Waals surface area contributed by atoms with E-state index in [1.807, 2.05) is 40.0 Å². The molecule has 1 N–H and O–H groups in total. The van der Waals surface area contributed by atoms with Crippen LogP contribution in [0.15, 0.2) is 18.2 Å². The molecule has 0 saturated carbocycles. The molecule has 0 unspecified atom stereocenters. The number of aryl methyl sites for hydroxylation is 1. The number of hydrogen-bond acceptors (Lipinski definition) is 1. The predicted molar refractivity (Wildman–Crippen MR) is 60.3 cm³/mol. The molecule has 1 nitrogen and oxygen atoms in total. The molecule has 0 aliphatic rings. The quantitative estimate of drug-likeness (QED) is 0.770. The van der Waals surface area contributed by atoms with Gasteiger partial charge in [-0.2, -0.15) is 0 Å².